The molecule has 4 rings (SSSR count). The van der Waals surface area contributed by atoms with Gasteiger partial charge in [-0.3, -0.25) is 19.3 Å². The van der Waals surface area contributed by atoms with Crippen LogP contribution in [0.2, 0.25) is 0 Å². The number of nitrogens with zero attached hydrogens (tertiary/aromatic N) is 2. The number of carbonyl (C=O) groups is 3. The molecule has 1 saturated carbocycles. The Balaban J connectivity index is 1.64. The minimum atomic E-state index is -1.09. The number of likely N-dealkylation sites (tertiary alicyclic amines) is 2. The van der Waals surface area contributed by atoms with Crippen molar-refractivity contribution in [2.45, 2.75) is 63.3 Å². The van der Waals surface area contributed by atoms with Crippen molar-refractivity contribution in [2.24, 2.45) is 5.92 Å². The summed E-state index contributed by atoms with van der Waals surface area (Å²) in [6.45, 7) is 3.58. The number of imide groups is 1. The number of hydrogen-bond donors (Lipinski definition) is 0. The van der Waals surface area contributed by atoms with Crippen molar-refractivity contribution in [1.29, 1.82) is 0 Å². The highest BCUT2D eigenvalue weighted by molar-refractivity contribution is 6.11. The molecule has 6 nitrogen and oxygen atoms in total. The summed E-state index contributed by atoms with van der Waals surface area (Å²) in [6.07, 6.45) is 5.24. The minimum absolute atomic E-state index is 0.0209. The van der Waals surface area contributed by atoms with Crippen LogP contribution in [0.3, 0.4) is 0 Å². The van der Waals surface area contributed by atoms with Crippen LogP contribution in [0.4, 0.5) is 0 Å². The number of methoxy groups -OCH3 is 1. The Morgan fingerprint density at radius 3 is 2.77 bits per heavy atom. The first-order valence-electron chi connectivity index (χ1n) is 11.2. The van der Waals surface area contributed by atoms with Crippen LogP contribution in [-0.4, -0.2) is 60.4 Å². The quantitative estimate of drug-likeness (QED) is 0.510. The topological polar surface area (TPSA) is 66.9 Å². The first-order valence-corrected chi connectivity index (χ1v) is 11.2. The van der Waals surface area contributed by atoms with Gasteiger partial charge in [-0.1, -0.05) is 30.7 Å². The molecule has 6 heteroatoms. The minimum Gasteiger partial charge on any atom is -0.385 e. The van der Waals surface area contributed by atoms with Crippen molar-refractivity contribution in [2.75, 3.05) is 26.8 Å². The Morgan fingerprint density at radius 2 is 2.03 bits per heavy atom. The van der Waals surface area contributed by atoms with Crippen molar-refractivity contribution < 1.29 is 19.1 Å². The highest BCUT2D eigenvalue weighted by atomic mass is 16.5. The third kappa shape index (κ3) is 3.66. The molecule has 0 radical (unpaired) electrons. The van der Waals surface area contributed by atoms with Gasteiger partial charge in [-0.05, 0) is 49.7 Å². The highest BCUT2D eigenvalue weighted by Crippen LogP contribution is 2.43. The van der Waals surface area contributed by atoms with Gasteiger partial charge in [0, 0.05) is 45.7 Å². The molecule has 0 N–H and O–H groups in total. The molecule has 2 bridgehead atoms. The first kappa shape index (κ1) is 21.0. The first-order chi connectivity index (χ1) is 14.5. The zero-order valence-electron chi connectivity index (χ0n) is 18.1. The fraction of sp³-hybridized carbons (Fsp3) is 0.625. The van der Waals surface area contributed by atoms with Crippen LogP contribution in [-0.2, 0) is 24.5 Å². The molecule has 3 amide bonds. The average Bonchev–Trinajstić information content (AvgIpc) is 3.15. The van der Waals surface area contributed by atoms with Crippen LogP contribution in [0, 0.1) is 12.8 Å². The summed E-state index contributed by atoms with van der Waals surface area (Å²) in [5.41, 5.74) is 0.668. The number of rotatable bonds is 7. The van der Waals surface area contributed by atoms with Gasteiger partial charge in [0.05, 0.1) is 5.41 Å². The lowest BCUT2D eigenvalue weighted by Gasteiger charge is -2.32. The van der Waals surface area contributed by atoms with E-state index in [0.29, 0.717) is 31.5 Å². The van der Waals surface area contributed by atoms with Crippen molar-refractivity contribution in [3.05, 3.63) is 35.4 Å². The zero-order valence-corrected chi connectivity index (χ0v) is 18.1. The summed E-state index contributed by atoms with van der Waals surface area (Å²) in [6, 6.07) is 7.98. The molecule has 3 aliphatic rings. The van der Waals surface area contributed by atoms with Crippen LogP contribution in [0.5, 0.6) is 0 Å². The van der Waals surface area contributed by atoms with E-state index in [1.54, 1.807) is 7.11 Å². The van der Waals surface area contributed by atoms with Gasteiger partial charge in [0.1, 0.15) is 0 Å². The molecule has 2 saturated heterocycles. The fourth-order valence-corrected chi connectivity index (χ4v) is 5.75. The molecule has 0 aromatic heterocycles. The predicted molar refractivity (Wildman–Crippen MR) is 113 cm³/mol. The van der Waals surface area contributed by atoms with E-state index in [1.165, 1.54) is 17.7 Å². The van der Waals surface area contributed by atoms with Crippen LogP contribution in [0.1, 0.15) is 56.1 Å². The third-order valence-electron chi connectivity index (χ3n) is 7.22. The van der Waals surface area contributed by atoms with Crippen LogP contribution < -0.4 is 0 Å². The van der Waals surface area contributed by atoms with Crippen molar-refractivity contribution in [1.82, 2.24) is 9.80 Å². The lowest BCUT2D eigenvalue weighted by atomic mass is 9.74. The molecule has 0 spiro atoms. The number of carbonyl (C=O) groups excluding carboxylic acids is 3. The summed E-state index contributed by atoms with van der Waals surface area (Å²) < 4.78 is 5.09. The van der Waals surface area contributed by atoms with E-state index in [9.17, 15) is 14.4 Å². The molecule has 1 aromatic carbocycles. The van der Waals surface area contributed by atoms with Crippen LogP contribution >= 0.6 is 0 Å². The maximum absolute atomic E-state index is 13.7. The van der Waals surface area contributed by atoms with Gasteiger partial charge < -0.3 is 9.64 Å². The molecule has 1 aromatic rings. The van der Waals surface area contributed by atoms with Gasteiger partial charge in [0.2, 0.25) is 17.7 Å². The number of ether oxygens (including phenoxy) is 1. The Hall–Kier alpha value is -2.21. The Kier molecular flexibility index (Phi) is 5.96. The standard InChI is InChI=1S/C24H32N2O4/c1-17-7-3-4-10-20(17)24(14-21(27)25(23(24)29)11-6-12-30-2)15-22(28)26-16-18-8-5-9-19(26)13-18/h3-4,7,10,18-19H,5-6,8-9,11-16H2,1-2H3. The van der Waals surface area contributed by atoms with E-state index in [4.69, 9.17) is 4.74 Å². The van der Waals surface area contributed by atoms with E-state index in [0.717, 1.165) is 30.5 Å². The number of fused-ring (bicyclic) bond motifs is 2. The summed E-state index contributed by atoms with van der Waals surface area (Å²) in [5, 5.41) is 0. The number of aryl methyl sites for hydroxylation is 1. The number of hydrogen-bond acceptors (Lipinski definition) is 4. The smallest absolute Gasteiger partial charge is 0.240 e. The molecule has 1 aliphatic carbocycles. The Morgan fingerprint density at radius 1 is 1.23 bits per heavy atom. The fourth-order valence-electron chi connectivity index (χ4n) is 5.75. The van der Waals surface area contributed by atoms with Crippen molar-refractivity contribution in [3.8, 4) is 0 Å². The summed E-state index contributed by atoms with van der Waals surface area (Å²) >= 11 is 0. The summed E-state index contributed by atoms with van der Waals surface area (Å²) in [4.78, 5) is 43.4. The lowest BCUT2D eigenvalue weighted by molar-refractivity contribution is -0.143. The summed E-state index contributed by atoms with van der Waals surface area (Å²) in [5.74, 6) is 0.196. The zero-order chi connectivity index (χ0) is 21.3. The number of benzene rings is 1. The monoisotopic (exact) mass is 412 g/mol. The second kappa shape index (κ2) is 8.50. The molecule has 2 aliphatic heterocycles. The maximum Gasteiger partial charge on any atom is 0.240 e. The molecular weight excluding hydrogens is 380 g/mol. The van der Waals surface area contributed by atoms with Gasteiger partial charge in [-0.25, -0.2) is 0 Å². The molecule has 3 fully saturated rings. The second-order valence-corrected chi connectivity index (χ2v) is 9.18. The van der Waals surface area contributed by atoms with Crippen molar-refractivity contribution >= 4 is 17.7 Å². The molecule has 30 heavy (non-hydrogen) atoms. The van der Waals surface area contributed by atoms with E-state index in [1.807, 2.05) is 36.1 Å². The maximum atomic E-state index is 13.7. The summed E-state index contributed by atoms with van der Waals surface area (Å²) in [7, 11) is 1.61. The third-order valence-corrected chi connectivity index (χ3v) is 7.22. The van der Waals surface area contributed by atoms with Gasteiger partial charge in [-0.2, -0.15) is 0 Å². The van der Waals surface area contributed by atoms with Gasteiger partial charge in [-0.15, -0.1) is 0 Å². The Labute approximate surface area is 178 Å². The average molecular weight is 413 g/mol. The van der Waals surface area contributed by atoms with E-state index < -0.39 is 5.41 Å². The molecule has 3 atom stereocenters. The second-order valence-electron chi connectivity index (χ2n) is 9.18. The van der Waals surface area contributed by atoms with Gasteiger partial charge >= 0.3 is 0 Å². The lowest BCUT2D eigenvalue weighted by Crippen LogP contribution is -2.45. The van der Waals surface area contributed by atoms with Gasteiger partial charge in [0.15, 0.2) is 0 Å². The highest BCUT2D eigenvalue weighted by Gasteiger charge is 2.55. The number of amides is 3. The van der Waals surface area contributed by atoms with E-state index in [-0.39, 0.29) is 30.6 Å². The normalized spacial score (nSPS) is 28.5. The van der Waals surface area contributed by atoms with Crippen LogP contribution in [0.15, 0.2) is 24.3 Å². The molecule has 162 valence electrons. The molecule has 2 heterocycles. The van der Waals surface area contributed by atoms with E-state index in [2.05, 4.69) is 0 Å². The van der Waals surface area contributed by atoms with Crippen LogP contribution in [0.25, 0.3) is 0 Å². The molecular formula is C24H32N2O4. The largest absolute Gasteiger partial charge is 0.385 e. The van der Waals surface area contributed by atoms with Crippen molar-refractivity contribution in [3.63, 3.8) is 0 Å². The van der Waals surface area contributed by atoms with E-state index >= 15 is 0 Å². The predicted octanol–water partition coefficient (Wildman–Crippen LogP) is 2.82. The molecule has 3 unspecified atom stereocenters. The SMILES string of the molecule is COCCCN1C(=O)CC(CC(=O)N2CC3CCCC2C3)(c2ccccc2C)C1=O. The Bertz CT molecular complexity index is 838. The van der Waals surface area contributed by atoms with Gasteiger partial charge in [0.25, 0.3) is 0 Å².